The van der Waals surface area contributed by atoms with Crippen LogP contribution in [0.2, 0.25) is 0 Å². The Morgan fingerprint density at radius 1 is 1.04 bits per heavy atom. The monoisotopic (exact) mass is 644 g/mol. The van der Waals surface area contributed by atoms with Crippen molar-refractivity contribution in [1.82, 2.24) is 33.7 Å². The Kier molecular flexibility index (Phi) is 9.16. The molecule has 0 saturated carbocycles. The average Bonchev–Trinajstić information content (AvgIpc) is 3.62. The number of hydrogen-bond acceptors (Lipinski definition) is 8. The van der Waals surface area contributed by atoms with Gasteiger partial charge in [-0.1, -0.05) is 6.07 Å². The number of aromatic nitrogens is 5. The fourth-order valence-electron chi connectivity index (χ4n) is 5.54. The first-order valence-electron chi connectivity index (χ1n) is 14.0. The summed E-state index contributed by atoms with van der Waals surface area (Å²) in [4.78, 5) is 29.9. The number of nitrogens with zero attached hydrogens (tertiary/aromatic N) is 7. The highest BCUT2D eigenvalue weighted by molar-refractivity contribution is 6.03. The Labute approximate surface area is 262 Å². The fraction of sp³-hybridized carbons (Fsp3) is 0.310. The molecule has 0 radical (unpaired) electrons. The lowest BCUT2D eigenvalue weighted by atomic mass is 10.0. The van der Waals surface area contributed by atoms with Crippen molar-refractivity contribution < 1.29 is 23.1 Å². The summed E-state index contributed by atoms with van der Waals surface area (Å²) < 4.78 is 45.6. The molecule has 5 N–H and O–H groups in total. The van der Waals surface area contributed by atoms with Crippen LogP contribution >= 0.6 is 12.4 Å². The van der Waals surface area contributed by atoms with Crippen LogP contribution in [0, 0.1) is 0 Å². The second kappa shape index (κ2) is 12.9. The lowest BCUT2D eigenvalue weighted by Crippen LogP contribution is -2.44. The summed E-state index contributed by atoms with van der Waals surface area (Å²) in [5.74, 6) is 0.268. The van der Waals surface area contributed by atoms with E-state index in [9.17, 15) is 23.1 Å². The maximum absolute atomic E-state index is 14.0. The van der Waals surface area contributed by atoms with Gasteiger partial charge in [-0.05, 0) is 36.9 Å². The van der Waals surface area contributed by atoms with Gasteiger partial charge in [0.05, 0.1) is 28.9 Å². The smallest absolute Gasteiger partial charge is 0.395 e. The number of nitrogens with two attached hydrogens (primary N) is 1. The number of aliphatic hydroxyl groups is 1. The van der Waals surface area contributed by atoms with E-state index >= 15 is 0 Å². The zero-order valence-electron chi connectivity index (χ0n) is 24.3. The maximum atomic E-state index is 14.0. The number of amides is 2. The molecule has 1 aliphatic heterocycles. The Morgan fingerprint density at radius 2 is 1.82 bits per heavy atom. The van der Waals surface area contributed by atoms with Crippen LogP contribution in [0.5, 0.6) is 0 Å². The maximum Gasteiger partial charge on any atom is 0.416 e. The van der Waals surface area contributed by atoms with Crippen LogP contribution in [-0.2, 0) is 19.3 Å². The van der Waals surface area contributed by atoms with Crippen LogP contribution in [0.25, 0.3) is 27.9 Å². The molecule has 5 aromatic rings. The van der Waals surface area contributed by atoms with Gasteiger partial charge in [0.15, 0.2) is 5.65 Å². The molecular formula is C29H32ClF3N10O2. The Morgan fingerprint density at radius 3 is 2.56 bits per heavy atom. The van der Waals surface area contributed by atoms with Gasteiger partial charge < -0.3 is 30.9 Å². The van der Waals surface area contributed by atoms with Gasteiger partial charge in [0.2, 0.25) is 0 Å². The second-order valence-electron chi connectivity index (χ2n) is 10.7. The van der Waals surface area contributed by atoms with E-state index in [2.05, 4.69) is 30.5 Å². The fourth-order valence-corrected chi connectivity index (χ4v) is 5.54. The van der Waals surface area contributed by atoms with Crippen molar-refractivity contribution in [3.63, 3.8) is 0 Å². The van der Waals surface area contributed by atoms with Crippen molar-refractivity contribution in [1.29, 1.82) is 0 Å². The van der Waals surface area contributed by atoms with E-state index < -0.39 is 17.8 Å². The largest absolute Gasteiger partial charge is 0.416 e. The number of rotatable bonds is 7. The van der Waals surface area contributed by atoms with E-state index in [0.29, 0.717) is 53.3 Å². The number of benzene rings is 1. The summed E-state index contributed by atoms with van der Waals surface area (Å²) in [6.07, 6.45) is 1.85. The molecule has 238 valence electrons. The molecule has 45 heavy (non-hydrogen) atoms. The molecule has 2 amide bonds. The minimum atomic E-state index is -4.58. The first-order chi connectivity index (χ1) is 21.1. The third-order valence-corrected chi connectivity index (χ3v) is 7.76. The molecule has 1 aromatic carbocycles. The molecule has 16 heteroatoms. The second-order valence-corrected chi connectivity index (χ2v) is 10.7. The van der Waals surface area contributed by atoms with E-state index in [0.717, 1.165) is 19.2 Å². The van der Waals surface area contributed by atoms with Gasteiger partial charge in [0.25, 0.3) is 0 Å². The van der Waals surface area contributed by atoms with E-state index in [1.165, 1.54) is 18.5 Å². The summed E-state index contributed by atoms with van der Waals surface area (Å²) in [5, 5.41) is 15.3. The van der Waals surface area contributed by atoms with Crippen LogP contribution < -0.4 is 16.4 Å². The van der Waals surface area contributed by atoms with Gasteiger partial charge in [-0.2, -0.15) is 13.2 Å². The van der Waals surface area contributed by atoms with Gasteiger partial charge in [0, 0.05) is 69.1 Å². The molecule has 6 rings (SSSR count). The van der Waals surface area contributed by atoms with Gasteiger partial charge in [-0.15, -0.1) is 12.4 Å². The summed E-state index contributed by atoms with van der Waals surface area (Å²) in [5.41, 5.74) is 8.26. The first kappa shape index (κ1) is 32.0. The van der Waals surface area contributed by atoms with Crippen LogP contribution in [0.3, 0.4) is 0 Å². The van der Waals surface area contributed by atoms with Gasteiger partial charge in [0.1, 0.15) is 17.8 Å². The highest BCUT2D eigenvalue weighted by Gasteiger charge is 2.34. The zero-order chi connectivity index (χ0) is 31.0. The number of carbonyl (C=O) groups is 1. The number of urea groups is 1. The normalized spacial score (nSPS) is 14.5. The third-order valence-electron chi connectivity index (χ3n) is 7.76. The summed E-state index contributed by atoms with van der Waals surface area (Å²) in [6.45, 7) is 3.33. The number of likely N-dealkylation sites (N-methyl/N-ethyl adjacent to an activating group) is 1. The van der Waals surface area contributed by atoms with E-state index in [4.69, 9.17) is 5.73 Å². The number of nitrogen functional groups attached to an aromatic ring is 1. The molecule has 0 bridgehead atoms. The van der Waals surface area contributed by atoms with Crippen molar-refractivity contribution in [2.75, 3.05) is 56.2 Å². The Bertz CT molecular complexity index is 1830. The minimum Gasteiger partial charge on any atom is -0.395 e. The van der Waals surface area contributed by atoms with Crippen molar-refractivity contribution in [2.45, 2.75) is 19.3 Å². The lowest BCUT2D eigenvalue weighted by molar-refractivity contribution is -0.138. The number of imidazole rings is 1. The molecule has 1 saturated heterocycles. The van der Waals surface area contributed by atoms with Crippen molar-refractivity contribution in [2.24, 2.45) is 0 Å². The Hall–Kier alpha value is -4.44. The number of nitrogens with one attached hydrogen (secondary N) is 2. The average molecular weight is 645 g/mol. The third kappa shape index (κ3) is 6.51. The molecule has 0 unspecified atom stereocenters. The van der Waals surface area contributed by atoms with E-state index in [-0.39, 0.29) is 42.6 Å². The predicted octanol–water partition coefficient (Wildman–Crippen LogP) is 4.15. The molecule has 0 atom stereocenters. The number of alkyl halides is 3. The highest BCUT2D eigenvalue weighted by atomic mass is 35.5. The summed E-state index contributed by atoms with van der Waals surface area (Å²) in [7, 11) is 1.99. The number of hydrogen-bond donors (Lipinski definition) is 4. The van der Waals surface area contributed by atoms with Crippen LogP contribution in [0.4, 0.5) is 35.2 Å². The van der Waals surface area contributed by atoms with Crippen LogP contribution in [0.1, 0.15) is 11.1 Å². The lowest BCUT2D eigenvalue weighted by Gasteiger charge is -2.33. The van der Waals surface area contributed by atoms with Crippen molar-refractivity contribution in [3.8, 4) is 11.3 Å². The standard InChI is InChI=1S/C29H31F3N10O2.ClH/c1-39-8-10-40(11-9-39)15-18-2-3-19(14-21(18)29(30,31)32)37-28(44)38-22-4-5-23(42-7-6-34-26(22)42)20-16-41(12-13-43)27-24(20)25(33)35-17-36-27;/h2-7,14,16-17,43H,8-13,15H2,1H3,(H2,33,35,36)(H2,37,38,44);1H. The topological polar surface area (TPSA) is 142 Å². The SMILES string of the molecule is CN1CCN(Cc2ccc(NC(=O)Nc3ccc(-c4cn(CCO)c5ncnc(N)c45)n4ccnc34)cc2C(F)(F)F)CC1.Cl. The number of fused-ring (bicyclic) bond motifs is 2. The number of halogens is 4. The van der Waals surface area contributed by atoms with E-state index in [1.54, 1.807) is 33.5 Å². The van der Waals surface area contributed by atoms with Crippen LogP contribution in [0.15, 0.2) is 55.2 Å². The number of aliphatic hydroxyl groups excluding tert-OH is 1. The quantitative estimate of drug-likeness (QED) is 0.207. The Balaban J connectivity index is 0.00000400. The van der Waals surface area contributed by atoms with Gasteiger partial charge in [-0.3, -0.25) is 9.30 Å². The highest BCUT2D eigenvalue weighted by Crippen LogP contribution is 2.36. The molecule has 0 spiro atoms. The number of carbonyl (C=O) groups excluding carboxylic acids is 1. The first-order valence-corrected chi connectivity index (χ1v) is 14.0. The van der Waals surface area contributed by atoms with Gasteiger partial charge >= 0.3 is 12.2 Å². The number of piperazine rings is 1. The molecule has 5 heterocycles. The zero-order valence-corrected chi connectivity index (χ0v) is 25.1. The summed E-state index contributed by atoms with van der Waals surface area (Å²) >= 11 is 0. The number of anilines is 3. The number of pyridine rings is 1. The van der Waals surface area contributed by atoms with Crippen molar-refractivity contribution >= 4 is 52.3 Å². The van der Waals surface area contributed by atoms with Gasteiger partial charge in [-0.25, -0.2) is 19.7 Å². The molecule has 0 aliphatic carbocycles. The van der Waals surface area contributed by atoms with Crippen molar-refractivity contribution in [3.05, 3.63) is 66.4 Å². The summed E-state index contributed by atoms with van der Waals surface area (Å²) in [6, 6.07) is 6.54. The molecule has 1 fully saturated rings. The molecular weight excluding hydrogens is 613 g/mol. The van der Waals surface area contributed by atoms with Crippen LogP contribution in [-0.4, -0.2) is 84.7 Å². The molecule has 12 nitrogen and oxygen atoms in total. The van der Waals surface area contributed by atoms with E-state index in [1.807, 2.05) is 18.1 Å². The predicted molar refractivity (Wildman–Crippen MR) is 167 cm³/mol. The molecule has 1 aliphatic rings. The minimum absolute atomic E-state index is 0. The molecule has 4 aromatic heterocycles.